The van der Waals surface area contributed by atoms with E-state index in [4.69, 9.17) is 0 Å². The Kier molecular flexibility index (Phi) is 4.08. The van der Waals surface area contributed by atoms with Crippen LogP contribution in [0.1, 0.15) is 17.3 Å². The van der Waals surface area contributed by atoms with Crippen LogP contribution in [0.5, 0.6) is 0 Å². The Morgan fingerprint density at radius 3 is 2.71 bits per heavy atom. The summed E-state index contributed by atoms with van der Waals surface area (Å²) in [6, 6.07) is 0.0562. The fraction of sp³-hybridized carbons (Fsp3) is 0.300. The highest BCUT2D eigenvalue weighted by Crippen LogP contribution is 2.08. The molecule has 0 aliphatic rings. The van der Waals surface area contributed by atoms with E-state index in [2.05, 4.69) is 15.0 Å². The molecule has 0 fully saturated rings. The van der Waals surface area contributed by atoms with Crippen LogP contribution in [-0.2, 0) is 9.53 Å². The zero-order valence-corrected chi connectivity index (χ0v) is 9.16. The maximum Gasteiger partial charge on any atom is 0.328 e. The number of esters is 1. The average molecular weight is 244 g/mol. The van der Waals surface area contributed by atoms with Crippen molar-refractivity contribution >= 4 is 11.9 Å². The van der Waals surface area contributed by atoms with Gasteiger partial charge in [-0.3, -0.25) is 4.79 Å². The number of carbonyl (C=O) groups excluding carboxylic acids is 2. The number of rotatable bonds is 3. The maximum absolute atomic E-state index is 13.2. The van der Waals surface area contributed by atoms with E-state index in [9.17, 15) is 18.4 Å². The normalized spacial score (nSPS) is 11.8. The number of hydrogen-bond donors (Lipinski definition) is 1. The highest BCUT2D eigenvalue weighted by atomic mass is 19.2. The predicted molar refractivity (Wildman–Crippen MR) is 53.1 cm³/mol. The molecule has 0 aromatic carbocycles. The van der Waals surface area contributed by atoms with Gasteiger partial charge in [-0.2, -0.15) is 4.39 Å². The number of halogens is 2. The van der Waals surface area contributed by atoms with Gasteiger partial charge in [-0.05, 0) is 13.0 Å². The van der Waals surface area contributed by atoms with Gasteiger partial charge in [0.05, 0.1) is 12.7 Å². The van der Waals surface area contributed by atoms with Crippen LogP contribution in [0, 0.1) is 11.8 Å². The number of nitrogens with one attached hydrogen (secondary N) is 1. The Morgan fingerprint density at radius 1 is 1.47 bits per heavy atom. The molecule has 92 valence electrons. The van der Waals surface area contributed by atoms with Crippen molar-refractivity contribution < 1.29 is 23.1 Å². The second kappa shape index (κ2) is 5.33. The number of aromatic nitrogens is 1. The number of methoxy groups -OCH3 is 1. The van der Waals surface area contributed by atoms with E-state index in [1.54, 1.807) is 0 Å². The SMILES string of the molecule is COC(=O)C(C)NC(=O)c1ccnc(F)c1F. The van der Waals surface area contributed by atoms with Crippen LogP contribution in [0.25, 0.3) is 0 Å². The molecule has 17 heavy (non-hydrogen) atoms. The number of amides is 1. The fourth-order valence-electron chi connectivity index (χ4n) is 1.10. The van der Waals surface area contributed by atoms with Crippen molar-refractivity contribution in [1.29, 1.82) is 0 Å². The highest BCUT2D eigenvalue weighted by molar-refractivity contribution is 5.96. The summed E-state index contributed by atoms with van der Waals surface area (Å²) in [5.41, 5.74) is -0.520. The van der Waals surface area contributed by atoms with Gasteiger partial charge in [0.1, 0.15) is 6.04 Å². The zero-order chi connectivity index (χ0) is 13.0. The first-order valence-corrected chi connectivity index (χ1v) is 4.66. The van der Waals surface area contributed by atoms with Gasteiger partial charge in [0.15, 0.2) is 5.82 Å². The van der Waals surface area contributed by atoms with Crippen LogP contribution >= 0.6 is 0 Å². The number of nitrogens with zero attached hydrogens (tertiary/aromatic N) is 1. The Hall–Kier alpha value is -2.05. The first-order valence-electron chi connectivity index (χ1n) is 4.66. The summed E-state index contributed by atoms with van der Waals surface area (Å²) in [5, 5.41) is 2.17. The molecule has 1 heterocycles. The summed E-state index contributed by atoms with van der Waals surface area (Å²) >= 11 is 0. The molecule has 1 rings (SSSR count). The molecule has 0 saturated heterocycles. The monoisotopic (exact) mass is 244 g/mol. The lowest BCUT2D eigenvalue weighted by Gasteiger charge is -2.11. The molecule has 1 atom stereocenters. The second-order valence-corrected chi connectivity index (χ2v) is 3.18. The molecule has 7 heteroatoms. The third-order valence-electron chi connectivity index (χ3n) is 1.99. The molecule has 0 bridgehead atoms. The van der Waals surface area contributed by atoms with Crippen molar-refractivity contribution in [1.82, 2.24) is 10.3 Å². The number of pyridine rings is 1. The largest absolute Gasteiger partial charge is 0.467 e. The van der Waals surface area contributed by atoms with E-state index >= 15 is 0 Å². The number of ether oxygens (including phenoxy) is 1. The minimum atomic E-state index is -1.37. The zero-order valence-electron chi connectivity index (χ0n) is 9.16. The summed E-state index contributed by atoms with van der Waals surface area (Å²) in [5.74, 6) is -4.33. The smallest absolute Gasteiger partial charge is 0.328 e. The van der Waals surface area contributed by atoms with Crippen LogP contribution < -0.4 is 5.32 Å². The van der Waals surface area contributed by atoms with Gasteiger partial charge >= 0.3 is 5.97 Å². The quantitative estimate of drug-likeness (QED) is 0.626. The summed E-state index contributed by atoms with van der Waals surface area (Å²) in [6.07, 6.45) is 0.954. The minimum absolute atomic E-state index is 0.520. The Bertz CT molecular complexity index is 451. The molecule has 1 N–H and O–H groups in total. The Balaban J connectivity index is 2.84. The van der Waals surface area contributed by atoms with Gasteiger partial charge in [0, 0.05) is 6.20 Å². The number of carbonyl (C=O) groups is 2. The summed E-state index contributed by atoms with van der Waals surface area (Å²) in [6.45, 7) is 1.36. The topological polar surface area (TPSA) is 68.3 Å². The third kappa shape index (κ3) is 2.96. The third-order valence-corrected chi connectivity index (χ3v) is 1.99. The summed E-state index contributed by atoms with van der Waals surface area (Å²) < 4.78 is 30.3. The molecular formula is C10H10F2N2O3. The van der Waals surface area contributed by atoms with E-state index in [0.717, 1.165) is 19.4 Å². The van der Waals surface area contributed by atoms with Crippen molar-refractivity contribution in [2.24, 2.45) is 0 Å². The maximum atomic E-state index is 13.2. The van der Waals surface area contributed by atoms with Crippen molar-refractivity contribution in [3.63, 3.8) is 0 Å². The van der Waals surface area contributed by atoms with Crippen LogP contribution in [0.2, 0.25) is 0 Å². The van der Waals surface area contributed by atoms with Gasteiger partial charge in [-0.15, -0.1) is 0 Å². The summed E-state index contributed by atoms with van der Waals surface area (Å²) in [7, 11) is 1.15. The van der Waals surface area contributed by atoms with Crippen molar-refractivity contribution in [3.05, 3.63) is 29.6 Å². The van der Waals surface area contributed by atoms with Crippen molar-refractivity contribution in [2.75, 3.05) is 7.11 Å². The molecule has 0 spiro atoms. The molecule has 5 nitrogen and oxygen atoms in total. The van der Waals surface area contributed by atoms with Gasteiger partial charge in [0.2, 0.25) is 5.95 Å². The van der Waals surface area contributed by atoms with E-state index in [1.807, 2.05) is 0 Å². The van der Waals surface area contributed by atoms with Crippen LogP contribution in [0.4, 0.5) is 8.78 Å². The molecule has 0 aliphatic carbocycles. The van der Waals surface area contributed by atoms with E-state index in [-0.39, 0.29) is 0 Å². The molecule has 0 radical (unpaired) electrons. The van der Waals surface area contributed by atoms with E-state index < -0.39 is 35.2 Å². The van der Waals surface area contributed by atoms with E-state index in [0.29, 0.717) is 0 Å². The molecule has 1 aromatic heterocycles. The van der Waals surface area contributed by atoms with Gasteiger partial charge in [-0.1, -0.05) is 0 Å². The molecule has 0 aliphatic heterocycles. The van der Waals surface area contributed by atoms with E-state index in [1.165, 1.54) is 6.92 Å². The molecule has 1 amide bonds. The Labute approximate surface area is 95.8 Å². The molecule has 1 unspecified atom stereocenters. The first kappa shape index (κ1) is 13.0. The first-order chi connectivity index (χ1) is 7.97. The number of hydrogen-bond acceptors (Lipinski definition) is 4. The standard InChI is InChI=1S/C10H10F2N2O3/c1-5(10(16)17-2)14-9(15)6-3-4-13-8(12)7(6)11/h3-5H,1-2H3,(H,14,15). The van der Waals surface area contributed by atoms with Crippen molar-refractivity contribution in [3.8, 4) is 0 Å². The fourth-order valence-corrected chi connectivity index (χ4v) is 1.10. The molecule has 1 aromatic rings. The Morgan fingerprint density at radius 2 is 2.12 bits per heavy atom. The van der Waals surface area contributed by atoms with Gasteiger partial charge < -0.3 is 10.1 Å². The second-order valence-electron chi connectivity index (χ2n) is 3.18. The van der Waals surface area contributed by atoms with Gasteiger partial charge in [0.25, 0.3) is 5.91 Å². The van der Waals surface area contributed by atoms with Crippen LogP contribution in [0.15, 0.2) is 12.3 Å². The summed E-state index contributed by atoms with van der Waals surface area (Å²) in [4.78, 5) is 25.5. The van der Waals surface area contributed by atoms with Crippen LogP contribution in [-0.4, -0.2) is 30.0 Å². The predicted octanol–water partition coefficient (Wildman–Crippen LogP) is 0.651. The van der Waals surface area contributed by atoms with Crippen molar-refractivity contribution in [2.45, 2.75) is 13.0 Å². The molecular weight excluding hydrogens is 234 g/mol. The lowest BCUT2D eigenvalue weighted by Crippen LogP contribution is -2.39. The lowest BCUT2D eigenvalue weighted by atomic mass is 10.2. The minimum Gasteiger partial charge on any atom is -0.467 e. The van der Waals surface area contributed by atoms with Gasteiger partial charge in [-0.25, -0.2) is 14.2 Å². The lowest BCUT2D eigenvalue weighted by molar-refractivity contribution is -0.142. The highest BCUT2D eigenvalue weighted by Gasteiger charge is 2.20. The molecule has 0 saturated carbocycles. The average Bonchev–Trinajstić information content (AvgIpc) is 2.31. The van der Waals surface area contributed by atoms with Crippen LogP contribution in [0.3, 0.4) is 0 Å².